The lowest BCUT2D eigenvalue weighted by Crippen LogP contribution is -2.27. The number of carbonyl (C=O) groups excluding carboxylic acids is 1. The highest BCUT2D eigenvalue weighted by Crippen LogP contribution is 2.20. The molecule has 1 N–H and O–H groups in total. The van der Waals surface area contributed by atoms with Crippen LogP contribution >= 0.6 is 11.6 Å². The molecule has 0 unspecified atom stereocenters. The molecule has 0 atom stereocenters. The Kier molecular flexibility index (Phi) is 6.70. The third-order valence-corrected chi connectivity index (χ3v) is 1.91. The summed E-state index contributed by atoms with van der Waals surface area (Å²) in [6, 6.07) is 1.74. The molecule has 0 fully saturated rings. The quantitative estimate of drug-likeness (QED) is 0.770. The molecule has 1 heterocycles. The van der Waals surface area contributed by atoms with Gasteiger partial charge in [0, 0.05) is 6.20 Å². The topological polar surface area (TPSA) is 51.2 Å². The number of hydrogen-bond acceptors (Lipinski definition) is 3. The first-order valence-corrected chi connectivity index (χ1v) is 6.28. The van der Waals surface area contributed by atoms with Crippen molar-refractivity contribution in [1.82, 2.24) is 4.98 Å². The molecule has 102 valence electrons. The standard InChI is InChI=1S/C11H15ClN2O2.C2H6/c1-7-5-8(9(12)13-6-7)14-10(15)16-11(2,3)4;1-2/h5-6H,1-4H3,(H,14,15);1-2H3. The van der Waals surface area contributed by atoms with Crippen molar-refractivity contribution >= 4 is 23.4 Å². The summed E-state index contributed by atoms with van der Waals surface area (Å²) in [5, 5.41) is 2.80. The molecule has 0 aromatic carbocycles. The summed E-state index contributed by atoms with van der Waals surface area (Å²) < 4.78 is 5.10. The molecule has 18 heavy (non-hydrogen) atoms. The monoisotopic (exact) mass is 272 g/mol. The van der Waals surface area contributed by atoms with Crippen LogP contribution in [0.2, 0.25) is 5.15 Å². The molecule has 1 aromatic heterocycles. The van der Waals surface area contributed by atoms with E-state index in [1.165, 1.54) is 0 Å². The van der Waals surface area contributed by atoms with Crippen molar-refractivity contribution in [2.45, 2.75) is 47.1 Å². The lowest BCUT2D eigenvalue weighted by Gasteiger charge is -2.19. The third kappa shape index (κ3) is 6.45. The summed E-state index contributed by atoms with van der Waals surface area (Å²) in [7, 11) is 0. The molecule has 0 bridgehead atoms. The average Bonchev–Trinajstić information content (AvgIpc) is 2.23. The summed E-state index contributed by atoms with van der Waals surface area (Å²) in [5.41, 5.74) is 0.833. The van der Waals surface area contributed by atoms with E-state index in [0.29, 0.717) is 5.69 Å². The number of rotatable bonds is 1. The number of amides is 1. The van der Waals surface area contributed by atoms with Crippen LogP contribution in [0.4, 0.5) is 10.5 Å². The number of pyridine rings is 1. The van der Waals surface area contributed by atoms with Gasteiger partial charge in [-0.15, -0.1) is 0 Å². The molecule has 0 saturated carbocycles. The number of halogens is 1. The van der Waals surface area contributed by atoms with Crippen molar-refractivity contribution in [1.29, 1.82) is 0 Å². The Morgan fingerprint density at radius 3 is 2.44 bits per heavy atom. The zero-order valence-electron chi connectivity index (χ0n) is 11.8. The van der Waals surface area contributed by atoms with Crippen molar-refractivity contribution in [2.75, 3.05) is 5.32 Å². The van der Waals surface area contributed by atoms with Crippen LogP contribution in [0.15, 0.2) is 12.3 Å². The first-order valence-electron chi connectivity index (χ1n) is 5.90. The average molecular weight is 273 g/mol. The number of nitrogens with zero attached hydrogens (tertiary/aromatic N) is 1. The molecule has 0 aliphatic heterocycles. The Labute approximate surface area is 114 Å². The Morgan fingerprint density at radius 2 is 1.94 bits per heavy atom. The molecule has 0 radical (unpaired) electrons. The molecule has 5 heteroatoms. The minimum atomic E-state index is -0.540. The number of ether oxygens (including phenoxy) is 1. The van der Waals surface area contributed by atoms with Gasteiger partial charge in [0.2, 0.25) is 0 Å². The second-order valence-corrected chi connectivity index (χ2v) is 4.84. The van der Waals surface area contributed by atoms with E-state index >= 15 is 0 Å². The Bertz CT molecular complexity index is 400. The molecule has 4 nitrogen and oxygen atoms in total. The highest BCUT2D eigenvalue weighted by molar-refractivity contribution is 6.32. The van der Waals surface area contributed by atoms with Crippen LogP contribution in [0, 0.1) is 6.92 Å². The summed E-state index contributed by atoms with van der Waals surface area (Å²) in [5.74, 6) is 0. The fourth-order valence-corrected chi connectivity index (χ4v) is 1.20. The van der Waals surface area contributed by atoms with Gasteiger partial charge in [-0.2, -0.15) is 0 Å². The van der Waals surface area contributed by atoms with Gasteiger partial charge in [-0.3, -0.25) is 5.32 Å². The van der Waals surface area contributed by atoms with Gasteiger partial charge in [0.05, 0.1) is 5.69 Å². The van der Waals surface area contributed by atoms with Crippen molar-refractivity contribution in [3.8, 4) is 0 Å². The molecule has 1 amide bonds. The highest BCUT2D eigenvalue weighted by atomic mass is 35.5. The molecule has 1 aromatic rings. The van der Waals surface area contributed by atoms with Gasteiger partial charge >= 0.3 is 6.09 Å². The zero-order valence-corrected chi connectivity index (χ0v) is 12.6. The second-order valence-electron chi connectivity index (χ2n) is 4.48. The van der Waals surface area contributed by atoms with Gasteiger partial charge in [-0.05, 0) is 39.3 Å². The maximum atomic E-state index is 11.5. The second kappa shape index (κ2) is 7.21. The van der Waals surface area contributed by atoms with Crippen molar-refractivity contribution in [3.63, 3.8) is 0 Å². The van der Waals surface area contributed by atoms with E-state index in [2.05, 4.69) is 10.3 Å². The van der Waals surface area contributed by atoms with Gasteiger partial charge in [-0.1, -0.05) is 25.4 Å². The van der Waals surface area contributed by atoms with Crippen LogP contribution in [-0.2, 0) is 4.74 Å². The number of anilines is 1. The van der Waals surface area contributed by atoms with Crippen molar-refractivity contribution in [3.05, 3.63) is 23.0 Å². The molecule has 0 spiro atoms. The molecular weight excluding hydrogens is 252 g/mol. The number of hydrogen-bond donors (Lipinski definition) is 1. The SMILES string of the molecule is CC.Cc1cnc(Cl)c(NC(=O)OC(C)(C)C)c1. The largest absolute Gasteiger partial charge is 0.444 e. The summed E-state index contributed by atoms with van der Waals surface area (Å²) in [6.45, 7) is 11.2. The van der Waals surface area contributed by atoms with E-state index in [1.807, 2.05) is 20.8 Å². The van der Waals surface area contributed by atoms with Gasteiger partial charge in [0.25, 0.3) is 0 Å². The third-order valence-electron chi connectivity index (χ3n) is 1.61. The van der Waals surface area contributed by atoms with E-state index in [0.717, 1.165) is 5.56 Å². The fourth-order valence-electron chi connectivity index (χ4n) is 1.05. The maximum Gasteiger partial charge on any atom is 0.412 e. The Hall–Kier alpha value is -1.29. The van der Waals surface area contributed by atoms with E-state index in [9.17, 15) is 4.79 Å². The maximum absolute atomic E-state index is 11.5. The predicted octanol–water partition coefficient (Wildman–Crippen LogP) is 4.42. The van der Waals surface area contributed by atoms with E-state index in [4.69, 9.17) is 16.3 Å². The number of aryl methyl sites for hydroxylation is 1. The van der Waals surface area contributed by atoms with Crippen molar-refractivity contribution in [2.24, 2.45) is 0 Å². The summed E-state index contributed by atoms with van der Waals surface area (Å²) in [6.07, 6.45) is 1.09. The normalized spacial score (nSPS) is 10.2. The minimum Gasteiger partial charge on any atom is -0.444 e. The fraction of sp³-hybridized carbons (Fsp3) is 0.538. The molecule has 0 aliphatic carbocycles. The zero-order chi connectivity index (χ0) is 14.3. The van der Waals surface area contributed by atoms with Crippen LogP contribution in [0.3, 0.4) is 0 Å². The van der Waals surface area contributed by atoms with E-state index < -0.39 is 11.7 Å². The molecule has 0 aliphatic rings. The van der Waals surface area contributed by atoms with Crippen molar-refractivity contribution < 1.29 is 9.53 Å². The summed E-state index contributed by atoms with van der Waals surface area (Å²) >= 11 is 5.83. The van der Waals surface area contributed by atoms with Crippen LogP contribution in [0.25, 0.3) is 0 Å². The van der Waals surface area contributed by atoms with E-state index in [-0.39, 0.29) is 5.15 Å². The minimum absolute atomic E-state index is 0.247. The molecule has 0 saturated heterocycles. The van der Waals surface area contributed by atoms with Gasteiger partial charge in [0.1, 0.15) is 5.60 Å². The van der Waals surface area contributed by atoms with Gasteiger partial charge in [0.15, 0.2) is 5.15 Å². The van der Waals surface area contributed by atoms with Gasteiger partial charge in [-0.25, -0.2) is 9.78 Å². The number of nitrogens with one attached hydrogen (secondary N) is 1. The van der Waals surface area contributed by atoms with Crippen LogP contribution in [0.5, 0.6) is 0 Å². The lowest BCUT2D eigenvalue weighted by atomic mass is 10.2. The lowest BCUT2D eigenvalue weighted by molar-refractivity contribution is 0.0636. The Balaban J connectivity index is 0.00000137. The molecule has 1 rings (SSSR count). The van der Waals surface area contributed by atoms with E-state index in [1.54, 1.807) is 33.0 Å². The highest BCUT2D eigenvalue weighted by Gasteiger charge is 2.17. The smallest absolute Gasteiger partial charge is 0.412 e. The number of carbonyl (C=O) groups is 1. The number of aromatic nitrogens is 1. The Morgan fingerprint density at radius 1 is 1.39 bits per heavy atom. The molecular formula is C13H21ClN2O2. The summed E-state index contributed by atoms with van der Waals surface area (Å²) in [4.78, 5) is 15.4. The van der Waals surface area contributed by atoms with Gasteiger partial charge < -0.3 is 4.74 Å². The van der Waals surface area contributed by atoms with Crippen LogP contribution < -0.4 is 5.32 Å². The van der Waals surface area contributed by atoms with Crippen LogP contribution in [-0.4, -0.2) is 16.7 Å². The first kappa shape index (κ1) is 16.7. The predicted molar refractivity (Wildman–Crippen MR) is 75.2 cm³/mol. The van der Waals surface area contributed by atoms with Crippen LogP contribution in [0.1, 0.15) is 40.2 Å². The first-order chi connectivity index (χ1) is 8.28.